The molecule has 4 N–H and O–H groups in total. The maximum atomic E-state index is 12.3. The van der Waals surface area contributed by atoms with Gasteiger partial charge in [-0.05, 0) is 12.3 Å². The van der Waals surface area contributed by atoms with Gasteiger partial charge in [0.1, 0.15) is 6.04 Å². The predicted octanol–water partition coefficient (Wildman–Crippen LogP) is -1.35. The first-order valence-electron chi connectivity index (χ1n) is 8.89. The smallest absolute Gasteiger partial charge is 0.326 e. The molecule has 3 amide bonds. The molecule has 0 heterocycles. The Morgan fingerprint density at radius 3 is 1.96 bits per heavy atom. The third-order valence-corrected chi connectivity index (χ3v) is 3.81. The van der Waals surface area contributed by atoms with Crippen LogP contribution >= 0.6 is 0 Å². The lowest BCUT2D eigenvalue weighted by Crippen LogP contribution is -2.46. The molecule has 27 heavy (non-hydrogen) atoms. The molecule has 0 aliphatic rings. The highest BCUT2D eigenvalue weighted by molar-refractivity contribution is 5.85. The quantitative estimate of drug-likeness (QED) is 0.304. The minimum absolute atomic E-state index is 0.00399. The molecule has 0 aliphatic heterocycles. The van der Waals surface area contributed by atoms with Gasteiger partial charge >= 0.3 is 5.97 Å². The van der Waals surface area contributed by atoms with Gasteiger partial charge in [-0.15, -0.1) is 0 Å². The number of nitrogens with zero attached hydrogens (tertiary/aromatic N) is 2. The Bertz CT molecular complexity index is 511. The molecular weight excluding hydrogens is 358 g/mol. The fourth-order valence-corrected chi connectivity index (χ4v) is 2.41. The normalized spacial score (nSPS) is 11.8. The Balaban J connectivity index is 4.75. The lowest BCUT2D eigenvalue weighted by molar-refractivity contribution is -0.143. The number of carboxylic acids is 1. The molecule has 0 saturated heterocycles. The van der Waals surface area contributed by atoms with Gasteiger partial charge in [0.05, 0.1) is 19.8 Å². The minimum atomic E-state index is -1.12. The average Bonchev–Trinajstić information content (AvgIpc) is 2.56. The molecule has 0 aromatic carbocycles. The van der Waals surface area contributed by atoms with Crippen LogP contribution in [0.25, 0.3) is 0 Å². The number of hydrogen-bond donors (Lipinski definition) is 4. The van der Waals surface area contributed by atoms with Crippen molar-refractivity contribution in [1.29, 1.82) is 0 Å². The zero-order valence-corrected chi connectivity index (χ0v) is 16.2. The number of nitrogens with one attached hydrogen (secondary N) is 1. The van der Waals surface area contributed by atoms with Crippen LogP contribution in [0.5, 0.6) is 0 Å². The summed E-state index contributed by atoms with van der Waals surface area (Å²) in [5.74, 6) is -2.41. The third-order valence-electron chi connectivity index (χ3n) is 3.81. The Hall–Kier alpha value is -2.20. The van der Waals surface area contributed by atoms with Crippen LogP contribution in [-0.4, -0.2) is 94.2 Å². The summed E-state index contributed by atoms with van der Waals surface area (Å²) in [5.41, 5.74) is 0. The van der Waals surface area contributed by atoms with E-state index in [1.807, 2.05) is 13.8 Å². The third kappa shape index (κ3) is 10.5. The van der Waals surface area contributed by atoms with E-state index in [1.54, 1.807) is 0 Å². The van der Waals surface area contributed by atoms with Crippen molar-refractivity contribution in [3.8, 4) is 0 Å². The van der Waals surface area contributed by atoms with Gasteiger partial charge in [0.2, 0.25) is 17.7 Å². The van der Waals surface area contributed by atoms with Gasteiger partial charge in [-0.25, -0.2) is 4.79 Å². The van der Waals surface area contributed by atoms with E-state index >= 15 is 0 Å². The monoisotopic (exact) mass is 389 g/mol. The van der Waals surface area contributed by atoms with Crippen LogP contribution in [0.15, 0.2) is 0 Å². The van der Waals surface area contributed by atoms with Crippen molar-refractivity contribution in [2.75, 3.05) is 39.4 Å². The summed E-state index contributed by atoms with van der Waals surface area (Å²) < 4.78 is 0. The Labute approximate surface area is 159 Å². The molecule has 10 nitrogen and oxygen atoms in total. The van der Waals surface area contributed by atoms with Crippen molar-refractivity contribution >= 4 is 23.7 Å². The summed E-state index contributed by atoms with van der Waals surface area (Å²) in [6.07, 6.45) is 0.156. The van der Waals surface area contributed by atoms with Gasteiger partial charge < -0.3 is 30.4 Å². The molecule has 0 aliphatic carbocycles. The van der Waals surface area contributed by atoms with Crippen LogP contribution < -0.4 is 5.32 Å². The minimum Gasteiger partial charge on any atom is -0.480 e. The molecule has 0 spiro atoms. The standard InChI is InChI=1S/C17H31N3O7/c1-12(2)10-14(17(26)27)18-15(24)4-5-19(6-8-21)16(25)11-20(7-9-22)13(3)23/h12,14,21-22H,4-11H2,1-3H3,(H,18,24)(H,26,27)/t14-/m0/s1. The number of aliphatic hydroxyl groups excluding tert-OH is 2. The van der Waals surface area contributed by atoms with Gasteiger partial charge in [0.25, 0.3) is 0 Å². The number of carbonyl (C=O) groups is 4. The first-order chi connectivity index (χ1) is 12.6. The lowest BCUT2D eigenvalue weighted by Gasteiger charge is -2.26. The summed E-state index contributed by atoms with van der Waals surface area (Å²) in [7, 11) is 0. The second kappa shape index (κ2) is 13.0. The molecule has 156 valence electrons. The molecule has 0 aromatic rings. The predicted molar refractivity (Wildman–Crippen MR) is 96.6 cm³/mol. The lowest BCUT2D eigenvalue weighted by atomic mass is 10.0. The van der Waals surface area contributed by atoms with Gasteiger partial charge in [-0.3, -0.25) is 14.4 Å². The Morgan fingerprint density at radius 1 is 0.963 bits per heavy atom. The molecule has 0 fully saturated rings. The average molecular weight is 389 g/mol. The van der Waals surface area contributed by atoms with Crippen LogP contribution in [0.2, 0.25) is 0 Å². The van der Waals surface area contributed by atoms with Crippen LogP contribution in [0.1, 0.15) is 33.6 Å². The number of aliphatic carboxylic acids is 1. The molecular formula is C17H31N3O7. The van der Waals surface area contributed by atoms with E-state index in [0.717, 1.165) is 4.90 Å². The summed E-state index contributed by atoms with van der Waals surface area (Å²) in [4.78, 5) is 49.4. The van der Waals surface area contributed by atoms with Gasteiger partial charge in [-0.1, -0.05) is 13.8 Å². The highest BCUT2D eigenvalue weighted by atomic mass is 16.4. The molecule has 0 bridgehead atoms. The van der Waals surface area contributed by atoms with Crippen molar-refractivity contribution in [1.82, 2.24) is 15.1 Å². The number of rotatable bonds is 13. The van der Waals surface area contributed by atoms with Crippen molar-refractivity contribution in [2.24, 2.45) is 5.92 Å². The number of hydrogen-bond acceptors (Lipinski definition) is 6. The highest BCUT2D eigenvalue weighted by Crippen LogP contribution is 2.05. The summed E-state index contributed by atoms with van der Waals surface area (Å²) >= 11 is 0. The van der Waals surface area contributed by atoms with Crippen LogP contribution in [0.3, 0.4) is 0 Å². The highest BCUT2D eigenvalue weighted by Gasteiger charge is 2.23. The fraction of sp³-hybridized carbons (Fsp3) is 0.765. The zero-order chi connectivity index (χ0) is 21.0. The first kappa shape index (κ1) is 24.8. The second-order valence-corrected chi connectivity index (χ2v) is 6.61. The first-order valence-corrected chi connectivity index (χ1v) is 8.89. The Kier molecular flexibility index (Phi) is 12.0. The molecule has 0 radical (unpaired) electrons. The summed E-state index contributed by atoms with van der Waals surface area (Å²) in [6, 6.07) is -1.00. The number of carboxylic acid groups (broad SMARTS) is 1. The van der Waals surface area contributed by atoms with E-state index in [2.05, 4.69) is 5.32 Å². The van der Waals surface area contributed by atoms with Crippen molar-refractivity contribution < 1.29 is 34.5 Å². The van der Waals surface area contributed by atoms with E-state index in [9.17, 15) is 19.2 Å². The molecule has 0 saturated carbocycles. The van der Waals surface area contributed by atoms with Crippen LogP contribution in [0, 0.1) is 5.92 Å². The zero-order valence-electron chi connectivity index (χ0n) is 16.2. The van der Waals surface area contributed by atoms with Crippen LogP contribution in [-0.2, 0) is 19.2 Å². The largest absolute Gasteiger partial charge is 0.480 e. The topological polar surface area (TPSA) is 147 Å². The molecule has 0 unspecified atom stereocenters. The number of aliphatic hydroxyl groups is 2. The molecule has 1 atom stereocenters. The van der Waals surface area contributed by atoms with Gasteiger partial charge in [0, 0.05) is 33.0 Å². The van der Waals surface area contributed by atoms with Gasteiger partial charge in [-0.2, -0.15) is 0 Å². The van der Waals surface area contributed by atoms with Crippen LogP contribution in [0.4, 0.5) is 0 Å². The van der Waals surface area contributed by atoms with E-state index in [1.165, 1.54) is 11.8 Å². The summed E-state index contributed by atoms with van der Waals surface area (Å²) in [6.45, 7) is 4.03. The van der Waals surface area contributed by atoms with Crippen molar-refractivity contribution in [3.05, 3.63) is 0 Å². The molecule has 10 heteroatoms. The maximum Gasteiger partial charge on any atom is 0.326 e. The fourth-order valence-electron chi connectivity index (χ4n) is 2.41. The maximum absolute atomic E-state index is 12.3. The SMILES string of the molecule is CC(=O)N(CCO)CC(=O)N(CCO)CCC(=O)N[C@@H](CC(C)C)C(=O)O. The number of carbonyl (C=O) groups excluding carboxylic acids is 3. The Morgan fingerprint density at radius 2 is 1.52 bits per heavy atom. The van der Waals surface area contributed by atoms with E-state index in [-0.39, 0.29) is 64.1 Å². The van der Waals surface area contributed by atoms with Crippen molar-refractivity contribution in [2.45, 2.75) is 39.7 Å². The van der Waals surface area contributed by atoms with E-state index in [4.69, 9.17) is 15.3 Å². The summed E-state index contributed by atoms with van der Waals surface area (Å²) in [5, 5.41) is 29.6. The molecule has 0 rings (SSSR count). The van der Waals surface area contributed by atoms with Gasteiger partial charge in [0.15, 0.2) is 0 Å². The van der Waals surface area contributed by atoms with Crippen molar-refractivity contribution in [3.63, 3.8) is 0 Å². The van der Waals surface area contributed by atoms with E-state index < -0.39 is 23.8 Å². The number of amides is 3. The second-order valence-electron chi connectivity index (χ2n) is 6.61. The molecule has 0 aromatic heterocycles. The van der Waals surface area contributed by atoms with E-state index in [0.29, 0.717) is 0 Å².